The van der Waals surface area contributed by atoms with Gasteiger partial charge in [0.25, 0.3) is 0 Å². The Bertz CT molecular complexity index is 508. The molecule has 2 rings (SSSR count). The zero-order chi connectivity index (χ0) is 11.7. The van der Waals surface area contributed by atoms with Gasteiger partial charge >= 0.3 is 0 Å². The van der Waals surface area contributed by atoms with Crippen molar-refractivity contribution in [1.82, 2.24) is 9.78 Å². The van der Waals surface area contributed by atoms with Crippen molar-refractivity contribution < 1.29 is 4.39 Å². The molecule has 0 fully saturated rings. The number of hydrogen-bond donors (Lipinski definition) is 1. The van der Waals surface area contributed by atoms with Crippen LogP contribution in [0.2, 0.25) is 0 Å². The molecule has 0 aliphatic carbocycles. The van der Waals surface area contributed by atoms with Crippen molar-refractivity contribution in [2.45, 2.75) is 13.0 Å². The van der Waals surface area contributed by atoms with E-state index in [0.29, 0.717) is 5.69 Å². The summed E-state index contributed by atoms with van der Waals surface area (Å²) >= 11 is 2.13. The van der Waals surface area contributed by atoms with Crippen LogP contribution in [-0.4, -0.2) is 9.78 Å². The average molecular weight is 331 g/mol. The molecule has 1 heterocycles. The van der Waals surface area contributed by atoms with Gasteiger partial charge in [-0.05, 0) is 41.1 Å². The van der Waals surface area contributed by atoms with Crippen LogP contribution in [0.5, 0.6) is 0 Å². The predicted molar refractivity (Wildman–Crippen MR) is 68.8 cm³/mol. The molecule has 0 aliphatic heterocycles. The molecule has 5 heteroatoms. The van der Waals surface area contributed by atoms with Crippen molar-refractivity contribution in [3.8, 4) is 5.69 Å². The number of para-hydroxylation sites is 1. The summed E-state index contributed by atoms with van der Waals surface area (Å²) in [5.74, 6) is -0.311. The van der Waals surface area contributed by atoms with E-state index in [-0.39, 0.29) is 11.9 Å². The number of aromatic nitrogens is 2. The van der Waals surface area contributed by atoms with E-state index in [4.69, 9.17) is 5.73 Å². The Hall–Kier alpha value is -0.950. The fourth-order valence-corrected chi connectivity index (χ4v) is 1.95. The van der Waals surface area contributed by atoms with E-state index < -0.39 is 0 Å². The maximum Gasteiger partial charge on any atom is 0.149 e. The van der Waals surface area contributed by atoms with E-state index in [0.717, 1.165) is 9.13 Å². The van der Waals surface area contributed by atoms with E-state index in [1.54, 1.807) is 18.5 Å². The Morgan fingerprint density at radius 3 is 2.81 bits per heavy atom. The molecule has 0 saturated carbocycles. The van der Waals surface area contributed by atoms with Crippen LogP contribution >= 0.6 is 22.6 Å². The van der Waals surface area contributed by atoms with Gasteiger partial charge in [0, 0.05) is 12.2 Å². The van der Waals surface area contributed by atoms with Gasteiger partial charge < -0.3 is 5.73 Å². The second kappa shape index (κ2) is 4.50. The largest absolute Gasteiger partial charge is 0.324 e. The molecule has 0 amide bonds. The zero-order valence-corrected chi connectivity index (χ0v) is 10.8. The van der Waals surface area contributed by atoms with Crippen molar-refractivity contribution in [3.05, 3.63) is 45.5 Å². The molecule has 2 N–H and O–H groups in total. The first-order valence-electron chi connectivity index (χ1n) is 4.84. The predicted octanol–water partition coefficient (Wildman–Crippen LogP) is 2.64. The summed E-state index contributed by atoms with van der Waals surface area (Å²) in [6.07, 6.45) is 3.45. The van der Waals surface area contributed by atoms with Crippen LogP contribution in [0.4, 0.5) is 4.39 Å². The fraction of sp³-hybridized carbons (Fsp3) is 0.182. The molecule has 16 heavy (non-hydrogen) atoms. The van der Waals surface area contributed by atoms with Crippen LogP contribution < -0.4 is 5.73 Å². The molecule has 1 aromatic heterocycles. The van der Waals surface area contributed by atoms with Crippen LogP contribution in [0, 0.1) is 9.39 Å². The third-order valence-corrected chi connectivity index (χ3v) is 2.85. The number of hydrogen-bond acceptors (Lipinski definition) is 2. The number of nitrogens with zero attached hydrogens (tertiary/aromatic N) is 2. The Balaban J connectivity index is 2.62. The Labute approximate surface area is 107 Å². The van der Waals surface area contributed by atoms with Crippen molar-refractivity contribution >= 4 is 22.6 Å². The molecule has 3 nitrogen and oxygen atoms in total. The summed E-state index contributed by atoms with van der Waals surface area (Å²) in [5, 5.41) is 4.10. The van der Waals surface area contributed by atoms with Crippen molar-refractivity contribution in [3.63, 3.8) is 0 Å². The monoisotopic (exact) mass is 331 g/mol. The first-order valence-corrected chi connectivity index (χ1v) is 5.92. The van der Waals surface area contributed by atoms with Gasteiger partial charge in [-0.1, -0.05) is 12.1 Å². The molecule has 1 aromatic carbocycles. The minimum Gasteiger partial charge on any atom is -0.324 e. The van der Waals surface area contributed by atoms with Crippen molar-refractivity contribution in [2.75, 3.05) is 0 Å². The molecule has 0 saturated heterocycles. The van der Waals surface area contributed by atoms with Gasteiger partial charge in [0.15, 0.2) is 0 Å². The highest BCUT2D eigenvalue weighted by atomic mass is 127. The molecule has 0 bridgehead atoms. The minimum atomic E-state index is -0.311. The maximum absolute atomic E-state index is 13.8. The summed E-state index contributed by atoms with van der Waals surface area (Å²) < 4.78 is 16.3. The van der Waals surface area contributed by atoms with Gasteiger partial charge in [0.1, 0.15) is 11.5 Å². The smallest absolute Gasteiger partial charge is 0.149 e. The Kier molecular flexibility index (Phi) is 3.25. The highest BCUT2D eigenvalue weighted by Gasteiger charge is 2.14. The SMILES string of the molecule is C[C@@H](N)c1cccc(F)c1-n1cc(I)cn1. The van der Waals surface area contributed by atoms with E-state index in [2.05, 4.69) is 27.7 Å². The van der Waals surface area contributed by atoms with Crippen molar-refractivity contribution in [2.24, 2.45) is 5.73 Å². The Morgan fingerprint density at radius 1 is 1.50 bits per heavy atom. The minimum absolute atomic E-state index is 0.229. The van der Waals surface area contributed by atoms with E-state index in [9.17, 15) is 4.39 Å². The second-order valence-electron chi connectivity index (χ2n) is 3.57. The van der Waals surface area contributed by atoms with Gasteiger partial charge in [-0.3, -0.25) is 0 Å². The molecule has 0 aliphatic rings. The Morgan fingerprint density at radius 2 is 2.25 bits per heavy atom. The van der Waals surface area contributed by atoms with Gasteiger partial charge in [0.2, 0.25) is 0 Å². The number of rotatable bonds is 2. The standard InChI is InChI=1S/C11H11FIN3/c1-7(14)9-3-2-4-10(12)11(9)16-6-8(13)5-15-16/h2-7H,14H2,1H3/t7-/m1/s1. The van der Waals surface area contributed by atoms with Gasteiger partial charge in [-0.25, -0.2) is 9.07 Å². The summed E-state index contributed by atoms with van der Waals surface area (Å²) in [4.78, 5) is 0. The lowest BCUT2D eigenvalue weighted by Gasteiger charge is -2.13. The van der Waals surface area contributed by atoms with Crippen molar-refractivity contribution in [1.29, 1.82) is 0 Å². The van der Waals surface area contributed by atoms with Gasteiger partial charge in [-0.2, -0.15) is 5.10 Å². The van der Waals surface area contributed by atoms with Crippen LogP contribution in [0.1, 0.15) is 18.5 Å². The number of nitrogens with two attached hydrogens (primary N) is 1. The maximum atomic E-state index is 13.8. The third-order valence-electron chi connectivity index (χ3n) is 2.29. The molecule has 0 radical (unpaired) electrons. The summed E-state index contributed by atoms with van der Waals surface area (Å²) in [7, 11) is 0. The van der Waals surface area contributed by atoms with E-state index in [1.165, 1.54) is 10.7 Å². The molecule has 84 valence electrons. The molecule has 0 spiro atoms. The lowest BCUT2D eigenvalue weighted by atomic mass is 10.1. The molecule has 0 unspecified atom stereocenters. The van der Waals surface area contributed by atoms with Gasteiger partial charge in [-0.15, -0.1) is 0 Å². The topological polar surface area (TPSA) is 43.8 Å². The number of halogens is 2. The molecule has 2 aromatic rings. The third kappa shape index (κ3) is 2.10. The fourth-order valence-electron chi connectivity index (χ4n) is 1.56. The normalized spacial score (nSPS) is 12.8. The van der Waals surface area contributed by atoms with E-state index in [1.807, 2.05) is 13.0 Å². The van der Waals surface area contributed by atoms with Gasteiger partial charge in [0.05, 0.1) is 9.77 Å². The molecular weight excluding hydrogens is 320 g/mol. The summed E-state index contributed by atoms with van der Waals surface area (Å²) in [5.41, 5.74) is 7.00. The van der Waals surface area contributed by atoms with Crippen LogP contribution in [-0.2, 0) is 0 Å². The highest BCUT2D eigenvalue weighted by Crippen LogP contribution is 2.23. The molecular formula is C11H11FIN3. The zero-order valence-electron chi connectivity index (χ0n) is 8.69. The summed E-state index contributed by atoms with van der Waals surface area (Å²) in [6.45, 7) is 1.83. The lowest BCUT2D eigenvalue weighted by Crippen LogP contribution is -2.11. The first kappa shape index (κ1) is 11.5. The number of benzene rings is 1. The highest BCUT2D eigenvalue weighted by molar-refractivity contribution is 14.1. The lowest BCUT2D eigenvalue weighted by molar-refractivity contribution is 0.603. The molecule has 1 atom stereocenters. The summed E-state index contributed by atoms with van der Waals surface area (Å²) in [6, 6.07) is 4.66. The van der Waals surface area contributed by atoms with Crippen LogP contribution in [0.25, 0.3) is 5.69 Å². The quantitative estimate of drug-likeness (QED) is 0.860. The first-order chi connectivity index (χ1) is 7.59. The van der Waals surface area contributed by atoms with E-state index >= 15 is 0 Å². The van der Waals surface area contributed by atoms with Crippen LogP contribution in [0.15, 0.2) is 30.6 Å². The van der Waals surface area contributed by atoms with Crippen LogP contribution in [0.3, 0.4) is 0 Å². The second-order valence-corrected chi connectivity index (χ2v) is 4.82. The average Bonchev–Trinajstić information content (AvgIpc) is 2.64.